The SMILES string of the molecule is COc1cc2c(cc1OC)N(C)C(c1ccccc1)=N/C2=C\c1sc2ccccc2[n+]1C.[I-]. The lowest BCUT2D eigenvalue weighted by Gasteiger charge is -2.30. The van der Waals surface area contributed by atoms with Gasteiger partial charge in [0.1, 0.15) is 17.6 Å². The second-order valence-electron chi connectivity index (χ2n) is 7.58. The molecule has 3 aromatic carbocycles. The van der Waals surface area contributed by atoms with Crippen molar-refractivity contribution in [1.82, 2.24) is 0 Å². The summed E-state index contributed by atoms with van der Waals surface area (Å²) in [6, 6.07) is 22.7. The number of anilines is 1. The van der Waals surface area contributed by atoms with Crippen molar-refractivity contribution in [2.45, 2.75) is 0 Å². The van der Waals surface area contributed by atoms with E-state index in [-0.39, 0.29) is 24.0 Å². The molecule has 0 spiro atoms. The number of aromatic nitrogens is 1. The van der Waals surface area contributed by atoms with E-state index < -0.39 is 0 Å². The van der Waals surface area contributed by atoms with Crippen molar-refractivity contribution < 1.29 is 38.0 Å². The minimum Gasteiger partial charge on any atom is -1.00 e. The van der Waals surface area contributed by atoms with Crippen LogP contribution in [0.1, 0.15) is 16.1 Å². The highest BCUT2D eigenvalue weighted by Crippen LogP contribution is 2.42. The molecular weight excluding hydrogens is 545 g/mol. The van der Waals surface area contributed by atoms with Crippen LogP contribution in [0.2, 0.25) is 0 Å². The second-order valence-corrected chi connectivity index (χ2v) is 8.64. The van der Waals surface area contributed by atoms with Crippen molar-refractivity contribution in [3.63, 3.8) is 0 Å². The van der Waals surface area contributed by atoms with Crippen LogP contribution in [-0.4, -0.2) is 27.1 Å². The zero-order valence-corrected chi connectivity index (χ0v) is 21.8. The van der Waals surface area contributed by atoms with Gasteiger partial charge >= 0.3 is 0 Å². The van der Waals surface area contributed by atoms with Crippen LogP contribution in [0.25, 0.3) is 22.0 Å². The number of aliphatic imine (C=N–C) groups is 1. The minimum atomic E-state index is 0. The summed E-state index contributed by atoms with van der Waals surface area (Å²) < 4.78 is 14.6. The van der Waals surface area contributed by atoms with Gasteiger partial charge in [-0.05, 0) is 12.1 Å². The highest BCUT2D eigenvalue weighted by atomic mass is 127. The topological polar surface area (TPSA) is 37.9 Å². The van der Waals surface area contributed by atoms with Crippen molar-refractivity contribution in [2.24, 2.45) is 12.0 Å². The zero-order chi connectivity index (χ0) is 22.2. The first-order valence-corrected chi connectivity index (χ1v) is 11.2. The molecule has 168 valence electrons. The predicted molar refractivity (Wildman–Crippen MR) is 132 cm³/mol. The molecule has 0 saturated carbocycles. The average Bonchev–Trinajstić information content (AvgIpc) is 3.15. The van der Waals surface area contributed by atoms with Crippen molar-refractivity contribution in [2.75, 3.05) is 26.2 Å². The van der Waals surface area contributed by atoms with Gasteiger partial charge in [-0.25, -0.2) is 4.99 Å². The average molecular weight is 569 g/mol. The summed E-state index contributed by atoms with van der Waals surface area (Å²) in [5.41, 5.74) is 5.17. The normalized spacial score (nSPS) is 14.0. The maximum atomic E-state index is 5.60. The summed E-state index contributed by atoms with van der Waals surface area (Å²) in [5.74, 6) is 2.27. The number of benzene rings is 3. The Kier molecular flexibility index (Phi) is 6.71. The third-order valence-electron chi connectivity index (χ3n) is 5.75. The molecule has 2 heterocycles. The smallest absolute Gasteiger partial charge is 0.264 e. The molecular formula is C26H24IN3O2S. The van der Waals surface area contributed by atoms with Crippen LogP contribution in [0.4, 0.5) is 5.69 Å². The summed E-state index contributed by atoms with van der Waals surface area (Å²) in [6.07, 6.45) is 2.16. The first kappa shape index (κ1) is 23.3. The Morgan fingerprint density at radius 2 is 1.61 bits per heavy atom. The molecule has 1 aliphatic heterocycles. The quantitative estimate of drug-likeness (QED) is 0.280. The fourth-order valence-corrected chi connectivity index (χ4v) is 5.12. The number of para-hydroxylation sites is 1. The Hall–Kier alpha value is -2.91. The number of hydrogen-bond donors (Lipinski definition) is 0. The molecule has 1 aromatic heterocycles. The van der Waals surface area contributed by atoms with Crippen LogP contribution in [0, 0.1) is 0 Å². The van der Waals surface area contributed by atoms with Crippen molar-refractivity contribution in [1.29, 1.82) is 0 Å². The molecule has 0 amide bonds. The molecule has 5 rings (SSSR count). The van der Waals surface area contributed by atoms with Crippen molar-refractivity contribution in [3.05, 3.63) is 82.9 Å². The molecule has 4 aromatic rings. The van der Waals surface area contributed by atoms with Gasteiger partial charge in [0, 0.05) is 36.4 Å². The van der Waals surface area contributed by atoms with E-state index in [0.717, 1.165) is 33.4 Å². The number of nitrogens with zero attached hydrogens (tertiary/aromatic N) is 3. The van der Waals surface area contributed by atoms with Crippen LogP contribution in [0.5, 0.6) is 11.5 Å². The lowest BCUT2D eigenvalue weighted by Crippen LogP contribution is -3.00. The molecule has 0 aliphatic carbocycles. The first-order valence-electron chi connectivity index (χ1n) is 10.3. The largest absolute Gasteiger partial charge is 1.00 e. The third kappa shape index (κ3) is 4.11. The number of aryl methyl sites for hydroxylation is 1. The van der Waals surface area contributed by atoms with Gasteiger partial charge in [-0.1, -0.05) is 53.8 Å². The van der Waals surface area contributed by atoms with Crippen molar-refractivity contribution in [3.8, 4) is 11.5 Å². The molecule has 0 N–H and O–H groups in total. The van der Waals surface area contributed by atoms with Gasteiger partial charge in [0.25, 0.3) is 5.01 Å². The van der Waals surface area contributed by atoms with Gasteiger partial charge in [0.05, 0.1) is 25.6 Å². The molecule has 0 radical (unpaired) electrons. The molecule has 33 heavy (non-hydrogen) atoms. The number of fused-ring (bicyclic) bond motifs is 2. The standard InChI is InChI=1S/C26H24N3O2S.HI/c1-28-20-12-8-9-13-24(20)32-25(28)15-19-18-14-22(30-3)23(31-4)16-21(18)29(2)26(27-19)17-10-6-5-7-11-17;/h5-16H,1-4H3;1H/q+1;/p-1. The van der Waals surface area contributed by atoms with E-state index in [0.29, 0.717) is 11.5 Å². The van der Waals surface area contributed by atoms with E-state index >= 15 is 0 Å². The minimum absolute atomic E-state index is 0. The monoisotopic (exact) mass is 569 g/mol. The predicted octanol–water partition coefficient (Wildman–Crippen LogP) is 2.14. The maximum absolute atomic E-state index is 5.60. The number of halogens is 1. The number of ether oxygens (including phenoxy) is 2. The van der Waals surface area contributed by atoms with Gasteiger partial charge in [-0.15, -0.1) is 0 Å². The summed E-state index contributed by atoms with van der Waals surface area (Å²) in [4.78, 5) is 7.22. The van der Waals surface area contributed by atoms with E-state index in [1.807, 2.05) is 37.4 Å². The van der Waals surface area contributed by atoms with E-state index in [2.05, 4.69) is 59.0 Å². The fourth-order valence-electron chi connectivity index (χ4n) is 4.03. The Bertz CT molecular complexity index is 1380. The lowest BCUT2D eigenvalue weighted by molar-refractivity contribution is -0.642. The van der Waals surface area contributed by atoms with Crippen molar-refractivity contribution >= 4 is 44.8 Å². The number of methoxy groups -OCH3 is 2. The Morgan fingerprint density at radius 3 is 2.30 bits per heavy atom. The Labute approximate surface area is 214 Å². The fraction of sp³-hybridized carbons (Fsp3) is 0.154. The molecule has 5 nitrogen and oxygen atoms in total. The maximum Gasteiger partial charge on any atom is 0.264 e. The van der Waals surface area contributed by atoms with Gasteiger partial charge < -0.3 is 38.4 Å². The zero-order valence-electron chi connectivity index (χ0n) is 18.9. The highest BCUT2D eigenvalue weighted by molar-refractivity contribution is 7.18. The van der Waals surface area contributed by atoms with Crippen LogP contribution >= 0.6 is 11.3 Å². The van der Waals surface area contributed by atoms with Gasteiger partial charge in [0.2, 0.25) is 5.52 Å². The van der Waals surface area contributed by atoms with E-state index in [1.165, 1.54) is 10.2 Å². The second kappa shape index (κ2) is 9.52. The summed E-state index contributed by atoms with van der Waals surface area (Å²) >= 11 is 1.76. The van der Waals surface area contributed by atoms with Crippen LogP contribution in [-0.2, 0) is 7.05 Å². The van der Waals surface area contributed by atoms with Gasteiger partial charge in [-0.3, -0.25) is 0 Å². The van der Waals surface area contributed by atoms with Crippen LogP contribution in [0.15, 0.2) is 71.7 Å². The number of hydrogen-bond acceptors (Lipinski definition) is 5. The van der Waals surface area contributed by atoms with E-state index in [1.54, 1.807) is 25.6 Å². The number of amidine groups is 1. The first-order chi connectivity index (χ1) is 15.6. The van der Waals surface area contributed by atoms with E-state index in [4.69, 9.17) is 14.5 Å². The molecule has 0 bridgehead atoms. The summed E-state index contributed by atoms with van der Waals surface area (Å²) in [7, 11) is 7.45. The molecule has 0 atom stereocenters. The summed E-state index contributed by atoms with van der Waals surface area (Å²) in [5, 5.41) is 1.13. The molecule has 0 unspecified atom stereocenters. The molecule has 1 aliphatic rings. The van der Waals surface area contributed by atoms with E-state index in [9.17, 15) is 0 Å². The lowest BCUT2D eigenvalue weighted by atomic mass is 10.0. The highest BCUT2D eigenvalue weighted by Gasteiger charge is 2.27. The summed E-state index contributed by atoms with van der Waals surface area (Å²) in [6.45, 7) is 0. The third-order valence-corrected chi connectivity index (χ3v) is 6.91. The van der Waals surface area contributed by atoms with Crippen LogP contribution in [0.3, 0.4) is 0 Å². The molecule has 0 fully saturated rings. The van der Waals surface area contributed by atoms with Crippen LogP contribution < -0.4 is 42.9 Å². The molecule has 0 saturated heterocycles. The van der Waals surface area contributed by atoms with Gasteiger partial charge in [-0.2, -0.15) is 4.57 Å². The number of rotatable bonds is 4. The van der Waals surface area contributed by atoms with Gasteiger partial charge in [0.15, 0.2) is 11.5 Å². The Balaban J connectivity index is 0.00000259. The molecule has 7 heteroatoms. The Morgan fingerprint density at radius 1 is 0.939 bits per heavy atom. The number of thiazole rings is 1.